The van der Waals surface area contributed by atoms with Crippen LogP contribution in [0.1, 0.15) is 20.8 Å². The summed E-state index contributed by atoms with van der Waals surface area (Å²) in [4.78, 5) is 22.9. The molecule has 104 valence electrons. The standard InChI is InChI=1S/C14H19NO4/c1-9(2)12(14(17)18)15-13(16)10(3)19-11-7-5-4-6-8-11/h4-10,12H,1-3H3,(H,15,16)(H,17,18)/t10?,12-/m1/s1. The van der Waals surface area contributed by atoms with E-state index in [2.05, 4.69) is 5.32 Å². The first kappa shape index (κ1) is 15.0. The molecule has 0 fully saturated rings. The molecule has 0 heterocycles. The number of aliphatic carboxylic acids is 1. The van der Waals surface area contributed by atoms with Crippen molar-refractivity contribution in [1.82, 2.24) is 5.32 Å². The van der Waals surface area contributed by atoms with E-state index in [-0.39, 0.29) is 5.92 Å². The maximum Gasteiger partial charge on any atom is 0.326 e. The van der Waals surface area contributed by atoms with Gasteiger partial charge in [0, 0.05) is 0 Å². The number of amides is 1. The monoisotopic (exact) mass is 265 g/mol. The van der Waals surface area contributed by atoms with E-state index in [1.807, 2.05) is 6.07 Å². The fourth-order valence-electron chi connectivity index (χ4n) is 1.54. The van der Waals surface area contributed by atoms with Crippen molar-refractivity contribution in [3.05, 3.63) is 30.3 Å². The van der Waals surface area contributed by atoms with Crippen molar-refractivity contribution in [3.63, 3.8) is 0 Å². The van der Waals surface area contributed by atoms with Crippen molar-refractivity contribution in [2.24, 2.45) is 5.92 Å². The molecule has 0 aliphatic heterocycles. The summed E-state index contributed by atoms with van der Waals surface area (Å²) in [5, 5.41) is 11.5. The maximum absolute atomic E-state index is 11.9. The van der Waals surface area contributed by atoms with Crippen molar-refractivity contribution >= 4 is 11.9 Å². The summed E-state index contributed by atoms with van der Waals surface area (Å²) in [6, 6.07) is 8.01. The number of carboxylic acid groups (broad SMARTS) is 1. The van der Waals surface area contributed by atoms with Gasteiger partial charge >= 0.3 is 5.97 Å². The van der Waals surface area contributed by atoms with Gasteiger partial charge in [0.1, 0.15) is 11.8 Å². The van der Waals surface area contributed by atoms with E-state index in [1.165, 1.54) is 0 Å². The Morgan fingerprint density at radius 2 is 1.74 bits per heavy atom. The molecule has 2 atom stereocenters. The average molecular weight is 265 g/mol. The lowest BCUT2D eigenvalue weighted by Crippen LogP contribution is -2.48. The number of carboxylic acids is 1. The molecule has 1 amide bonds. The molecule has 0 bridgehead atoms. The number of nitrogens with one attached hydrogen (secondary N) is 1. The van der Waals surface area contributed by atoms with Crippen molar-refractivity contribution in [2.75, 3.05) is 0 Å². The van der Waals surface area contributed by atoms with E-state index in [0.717, 1.165) is 0 Å². The first-order valence-corrected chi connectivity index (χ1v) is 6.16. The molecular weight excluding hydrogens is 246 g/mol. The van der Waals surface area contributed by atoms with Gasteiger partial charge in [-0.1, -0.05) is 32.0 Å². The Kier molecular flexibility index (Phi) is 5.36. The van der Waals surface area contributed by atoms with Gasteiger partial charge in [0.05, 0.1) is 0 Å². The lowest BCUT2D eigenvalue weighted by atomic mass is 10.0. The topological polar surface area (TPSA) is 75.6 Å². The van der Waals surface area contributed by atoms with Crippen molar-refractivity contribution in [1.29, 1.82) is 0 Å². The summed E-state index contributed by atoms with van der Waals surface area (Å²) < 4.78 is 5.43. The summed E-state index contributed by atoms with van der Waals surface area (Å²) in [5.41, 5.74) is 0. The Hall–Kier alpha value is -2.04. The van der Waals surface area contributed by atoms with Crippen molar-refractivity contribution in [3.8, 4) is 5.75 Å². The van der Waals surface area contributed by atoms with Crippen LogP contribution in [-0.2, 0) is 9.59 Å². The Bertz CT molecular complexity index is 430. The van der Waals surface area contributed by atoms with Crippen molar-refractivity contribution in [2.45, 2.75) is 32.9 Å². The minimum absolute atomic E-state index is 0.189. The molecule has 0 aliphatic rings. The third-order valence-electron chi connectivity index (χ3n) is 2.66. The molecule has 19 heavy (non-hydrogen) atoms. The predicted molar refractivity (Wildman–Crippen MR) is 70.9 cm³/mol. The van der Waals surface area contributed by atoms with Crippen LogP contribution in [0.2, 0.25) is 0 Å². The van der Waals surface area contributed by atoms with E-state index < -0.39 is 24.0 Å². The molecule has 0 saturated carbocycles. The summed E-state index contributed by atoms with van der Waals surface area (Å²) in [7, 11) is 0. The van der Waals surface area contributed by atoms with Crippen LogP contribution in [0.25, 0.3) is 0 Å². The summed E-state index contributed by atoms with van der Waals surface area (Å²) in [6.07, 6.45) is -0.747. The van der Waals surface area contributed by atoms with Gasteiger partial charge < -0.3 is 15.2 Å². The molecule has 2 N–H and O–H groups in total. The highest BCUT2D eigenvalue weighted by Gasteiger charge is 2.26. The van der Waals surface area contributed by atoms with Crippen LogP contribution in [0, 0.1) is 5.92 Å². The van der Waals surface area contributed by atoms with Gasteiger partial charge in [0.15, 0.2) is 6.10 Å². The normalized spacial score (nSPS) is 13.7. The number of carbonyl (C=O) groups is 2. The number of ether oxygens (including phenoxy) is 1. The highest BCUT2D eigenvalue weighted by molar-refractivity contribution is 5.86. The molecule has 0 radical (unpaired) electrons. The number of carbonyl (C=O) groups excluding carboxylic acids is 1. The highest BCUT2D eigenvalue weighted by atomic mass is 16.5. The van der Waals surface area contributed by atoms with E-state index in [0.29, 0.717) is 5.75 Å². The Morgan fingerprint density at radius 1 is 1.16 bits per heavy atom. The Balaban J connectivity index is 2.60. The zero-order chi connectivity index (χ0) is 14.4. The second-order valence-electron chi connectivity index (χ2n) is 4.64. The minimum atomic E-state index is -1.05. The van der Waals surface area contributed by atoms with Crippen LogP contribution >= 0.6 is 0 Å². The number of rotatable bonds is 6. The lowest BCUT2D eigenvalue weighted by Gasteiger charge is -2.21. The fourth-order valence-corrected chi connectivity index (χ4v) is 1.54. The van der Waals surface area contributed by atoms with Gasteiger partial charge in [0.2, 0.25) is 0 Å². The molecule has 5 heteroatoms. The molecule has 1 aromatic rings. The zero-order valence-electron chi connectivity index (χ0n) is 11.3. The number of hydrogen-bond acceptors (Lipinski definition) is 3. The Morgan fingerprint density at radius 3 is 2.21 bits per heavy atom. The third-order valence-corrected chi connectivity index (χ3v) is 2.66. The number of benzene rings is 1. The molecule has 1 unspecified atom stereocenters. The first-order valence-electron chi connectivity index (χ1n) is 6.16. The van der Waals surface area contributed by atoms with Crippen LogP contribution < -0.4 is 10.1 Å². The summed E-state index contributed by atoms with van der Waals surface area (Å²) >= 11 is 0. The van der Waals surface area contributed by atoms with Crippen LogP contribution in [0.15, 0.2) is 30.3 Å². The van der Waals surface area contributed by atoms with Crippen LogP contribution in [0.5, 0.6) is 5.75 Å². The SMILES string of the molecule is CC(Oc1ccccc1)C(=O)N[C@@H](C(=O)O)C(C)C. The van der Waals surface area contributed by atoms with Gasteiger partial charge in [-0.25, -0.2) is 4.79 Å². The molecule has 5 nitrogen and oxygen atoms in total. The Labute approximate surface area is 112 Å². The third kappa shape index (κ3) is 4.62. The van der Waals surface area contributed by atoms with Gasteiger partial charge in [-0.05, 0) is 25.0 Å². The van der Waals surface area contributed by atoms with E-state index in [9.17, 15) is 9.59 Å². The van der Waals surface area contributed by atoms with E-state index in [4.69, 9.17) is 9.84 Å². The quantitative estimate of drug-likeness (QED) is 0.820. The molecular formula is C14H19NO4. The molecule has 0 aromatic heterocycles. The zero-order valence-corrected chi connectivity index (χ0v) is 11.3. The summed E-state index contributed by atoms with van der Waals surface area (Å²) in [5.74, 6) is -1.10. The smallest absolute Gasteiger partial charge is 0.326 e. The fraction of sp³-hybridized carbons (Fsp3) is 0.429. The maximum atomic E-state index is 11.9. The van der Waals surface area contributed by atoms with E-state index in [1.54, 1.807) is 45.0 Å². The van der Waals surface area contributed by atoms with Gasteiger partial charge in [-0.3, -0.25) is 4.79 Å². The predicted octanol–water partition coefficient (Wildman–Crippen LogP) is 1.68. The average Bonchev–Trinajstić information content (AvgIpc) is 2.35. The second-order valence-corrected chi connectivity index (χ2v) is 4.64. The van der Waals surface area contributed by atoms with Gasteiger partial charge in [0.25, 0.3) is 5.91 Å². The van der Waals surface area contributed by atoms with Gasteiger partial charge in [-0.2, -0.15) is 0 Å². The first-order chi connectivity index (χ1) is 8.91. The molecule has 1 aromatic carbocycles. The molecule has 0 spiro atoms. The number of hydrogen-bond donors (Lipinski definition) is 2. The highest BCUT2D eigenvalue weighted by Crippen LogP contribution is 2.11. The number of para-hydroxylation sites is 1. The van der Waals surface area contributed by atoms with E-state index >= 15 is 0 Å². The van der Waals surface area contributed by atoms with Crippen LogP contribution in [0.3, 0.4) is 0 Å². The van der Waals surface area contributed by atoms with Crippen LogP contribution in [-0.4, -0.2) is 29.1 Å². The minimum Gasteiger partial charge on any atom is -0.481 e. The second kappa shape index (κ2) is 6.78. The van der Waals surface area contributed by atoms with Crippen LogP contribution in [0.4, 0.5) is 0 Å². The molecule has 0 aliphatic carbocycles. The molecule has 0 saturated heterocycles. The summed E-state index contributed by atoms with van der Waals surface area (Å²) in [6.45, 7) is 5.06. The molecule has 1 rings (SSSR count). The lowest BCUT2D eigenvalue weighted by molar-refractivity contribution is -0.144. The van der Waals surface area contributed by atoms with Gasteiger partial charge in [-0.15, -0.1) is 0 Å². The van der Waals surface area contributed by atoms with Crippen molar-refractivity contribution < 1.29 is 19.4 Å². The largest absolute Gasteiger partial charge is 0.481 e.